The zero-order chi connectivity index (χ0) is 19.7. The van der Waals surface area contributed by atoms with E-state index in [0.29, 0.717) is 18.2 Å². The molecule has 0 saturated carbocycles. The van der Waals surface area contributed by atoms with Crippen molar-refractivity contribution in [1.82, 2.24) is 35.1 Å². The van der Waals surface area contributed by atoms with Crippen molar-refractivity contribution in [1.29, 1.82) is 0 Å². The molecule has 1 aliphatic rings. The predicted molar refractivity (Wildman–Crippen MR) is 105 cm³/mol. The Hall–Kier alpha value is -2.81. The first-order chi connectivity index (χ1) is 13.5. The molecule has 4 rings (SSSR count). The van der Waals surface area contributed by atoms with Gasteiger partial charge in [0.2, 0.25) is 11.1 Å². The lowest BCUT2D eigenvalue weighted by molar-refractivity contribution is -0.130. The number of aromatic nitrogens is 6. The number of tetrazole rings is 1. The van der Waals surface area contributed by atoms with E-state index in [0.717, 1.165) is 34.8 Å². The zero-order valence-electron chi connectivity index (χ0n) is 16.0. The van der Waals surface area contributed by atoms with Crippen molar-refractivity contribution < 1.29 is 4.79 Å². The van der Waals surface area contributed by atoms with Crippen LogP contribution in [0.1, 0.15) is 36.5 Å². The van der Waals surface area contributed by atoms with Gasteiger partial charge in [-0.3, -0.25) is 4.79 Å². The van der Waals surface area contributed by atoms with Crippen LogP contribution in [0.25, 0.3) is 5.69 Å². The molecule has 0 N–H and O–H groups in total. The summed E-state index contributed by atoms with van der Waals surface area (Å²) in [7, 11) is 0. The molecule has 0 saturated heterocycles. The maximum atomic E-state index is 13.0. The molecule has 3 aromatic rings. The van der Waals surface area contributed by atoms with E-state index in [-0.39, 0.29) is 11.2 Å². The van der Waals surface area contributed by atoms with Crippen LogP contribution in [0, 0.1) is 6.92 Å². The first kappa shape index (κ1) is 18.5. The molecule has 8 nitrogen and oxygen atoms in total. The van der Waals surface area contributed by atoms with Crippen molar-refractivity contribution in [2.75, 3.05) is 0 Å². The summed E-state index contributed by atoms with van der Waals surface area (Å²) >= 11 is 1.36. The monoisotopic (exact) mass is 395 g/mol. The molecule has 0 aliphatic carbocycles. The molecule has 0 radical (unpaired) electrons. The van der Waals surface area contributed by atoms with Crippen molar-refractivity contribution in [3.63, 3.8) is 0 Å². The minimum atomic E-state index is -0.317. The summed E-state index contributed by atoms with van der Waals surface area (Å²) in [4.78, 5) is 23.7. The van der Waals surface area contributed by atoms with Crippen LogP contribution in [-0.2, 0) is 24.3 Å². The van der Waals surface area contributed by atoms with Crippen LogP contribution in [0.2, 0.25) is 0 Å². The molecule has 0 spiro atoms. The van der Waals surface area contributed by atoms with E-state index in [1.54, 1.807) is 4.68 Å². The fraction of sp³-hybridized carbons (Fsp3) is 0.368. The lowest BCUT2D eigenvalue weighted by atomic mass is 10.2. The van der Waals surface area contributed by atoms with E-state index in [9.17, 15) is 4.79 Å². The lowest BCUT2D eigenvalue weighted by Crippen LogP contribution is -2.32. The fourth-order valence-corrected chi connectivity index (χ4v) is 4.05. The Morgan fingerprint density at radius 1 is 1.32 bits per heavy atom. The van der Waals surface area contributed by atoms with Crippen LogP contribution < -0.4 is 0 Å². The van der Waals surface area contributed by atoms with E-state index >= 15 is 0 Å². The maximum absolute atomic E-state index is 13.0. The van der Waals surface area contributed by atoms with Gasteiger partial charge in [-0.25, -0.2) is 9.97 Å². The first-order valence-electron chi connectivity index (χ1n) is 9.19. The molecule has 28 heavy (non-hydrogen) atoms. The van der Waals surface area contributed by atoms with Crippen LogP contribution in [-0.4, -0.2) is 46.2 Å². The lowest BCUT2D eigenvalue weighted by Gasteiger charge is -2.19. The van der Waals surface area contributed by atoms with Crippen molar-refractivity contribution in [3.8, 4) is 5.69 Å². The smallest absolute Gasteiger partial charge is 0.236 e. The van der Waals surface area contributed by atoms with Crippen LogP contribution in [0.5, 0.6) is 0 Å². The zero-order valence-corrected chi connectivity index (χ0v) is 16.8. The Labute approximate surface area is 167 Å². The van der Waals surface area contributed by atoms with Crippen LogP contribution in [0.15, 0.2) is 35.6 Å². The number of benzene rings is 1. The molecule has 0 bridgehead atoms. The number of carbonyl (C=O) groups excluding carboxylic acids is 1. The highest BCUT2D eigenvalue weighted by Gasteiger charge is 2.29. The van der Waals surface area contributed by atoms with Crippen LogP contribution in [0.4, 0.5) is 0 Å². The Bertz CT molecular complexity index is 1020. The van der Waals surface area contributed by atoms with Gasteiger partial charge in [0.1, 0.15) is 5.82 Å². The molecular formula is C19H21N7OS. The average molecular weight is 395 g/mol. The first-order valence-corrected chi connectivity index (χ1v) is 10.1. The summed E-state index contributed by atoms with van der Waals surface area (Å²) in [5.74, 6) is 0.854. The standard InChI is InChI=1S/C19H21N7OS/c1-4-17-20-9-14-10-25(11-16(14)21-17)18(27)13(3)28-19-22-23-24-26(19)15-7-5-6-12(2)8-15/h5-9,13H,4,10-11H2,1-3H3/t13-/m1/s1. The molecule has 1 atom stereocenters. The van der Waals surface area contributed by atoms with Gasteiger partial charge in [-0.15, -0.1) is 5.10 Å². The van der Waals surface area contributed by atoms with Gasteiger partial charge in [-0.05, 0) is 42.0 Å². The molecule has 3 heterocycles. The third kappa shape index (κ3) is 3.62. The number of fused-ring (bicyclic) bond motifs is 1. The van der Waals surface area contributed by atoms with E-state index < -0.39 is 0 Å². The van der Waals surface area contributed by atoms with Crippen molar-refractivity contribution in [2.45, 2.75) is 50.7 Å². The maximum Gasteiger partial charge on any atom is 0.236 e. The van der Waals surface area contributed by atoms with Crippen molar-refractivity contribution >= 4 is 17.7 Å². The largest absolute Gasteiger partial charge is 0.331 e. The van der Waals surface area contributed by atoms with Gasteiger partial charge in [-0.1, -0.05) is 30.8 Å². The van der Waals surface area contributed by atoms with Gasteiger partial charge in [0, 0.05) is 24.7 Å². The molecule has 144 valence electrons. The number of rotatable bonds is 5. The number of nitrogens with zero attached hydrogens (tertiary/aromatic N) is 7. The molecule has 9 heteroatoms. The molecule has 1 amide bonds. The second-order valence-corrected chi connectivity index (χ2v) is 8.09. The topological polar surface area (TPSA) is 89.7 Å². The number of hydrogen-bond donors (Lipinski definition) is 0. The predicted octanol–water partition coefficient (Wildman–Crippen LogP) is 2.35. The number of thioether (sulfide) groups is 1. The highest BCUT2D eigenvalue weighted by molar-refractivity contribution is 8.00. The summed E-state index contributed by atoms with van der Waals surface area (Å²) in [5.41, 5.74) is 3.97. The number of hydrogen-bond acceptors (Lipinski definition) is 7. The second kappa shape index (κ2) is 7.67. The molecule has 1 aliphatic heterocycles. The second-order valence-electron chi connectivity index (χ2n) is 6.78. The number of aryl methyl sites for hydroxylation is 2. The van der Waals surface area contributed by atoms with Crippen molar-refractivity contribution in [3.05, 3.63) is 53.1 Å². The van der Waals surface area contributed by atoms with Crippen molar-refractivity contribution in [2.24, 2.45) is 0 Å². The van der Waals surface area contributed by atoms with Gasteiger partial charge in [0.25, 0.3) is 0 Å². The Balaban J connectivity index is 1.47. The van der Waals surface area contributed by atoms with E-state index in [1.807, 2.05) is 56.1 Å². The van der Waals surface area contributed by atoms with Gasteiger partial charge in [0.05, 0.1) is 23.2 Å². The molecular weight excluding hydrogens is 374 g/mol. The Morgan fingerprint density at radius 3 is 2.96 bits per heavy atom. The van der Waals surface area contributed by atoms with E-state index in [2.05, 4.69) is 25.5 Å². The highest BCUT2D eigenvalue weighted by atomic mass is 32.2. The molecule has 1 aromatic carbocycles. The third-order valence-corrected chi connectivity index (χ3v) is 5.67. The SMILES string of the molecule is CCc1ncc2c(n1)CN(C(=O)[C@@H](C)Sc1nnnn1-c1cccc(C)c1)C2. The van der Waals surface area contributed by atoms with Gasteiger partial charge in [0.15, 0.2) is 0 Å². The third-order valence-electron chi connectivity index (χ3n) is 4.65. The molecule has 2 aromatic heterocycles. The molecule has 0 unspecified atom stereocenters. The highest BCUT2D eigenvalue weighted by Crippen LogP contribution is 2.28. The number of amides is 1. The minimum Gasteiger partial charge on any atom is -0.331 e. The summed E-state index contributed by atoms with van der Waals surface area (Å²) < 4.78 is 1.67. The van der Waals surface area contributed by atoms with E-state index in [4.69, 9.17) is 0 Å². The number of carbonyl (C=O) groups is 1. The summed E-state index contributed by atoms with van der Waals surface area (Å²) in [6, 6.07) is 7.93. The summed E-state index contributed by atoms with van der Waals surface area (Å²) in [6.07, 6.45) is 2.62. The van der Waals surface area contributed by atoms with E-state index in [1.165, 1.54) is 11.8 Å². The average Bonchev–Trinajstić information content (AvgIpc) is 3.33. The van der Waals surface area contributed by atoms with Gasteiger partial charge in [-0.2, -0.15) is 4.68 Å². The van der Waals surface area contributed by atoms with Gasteiger partial charge >= 0.3 is 0 Å². The summed E-state index contributed by atoms with van der Waals surface area (Å²) in [6.45, 7) is 7.00. The Morgan fingerprint density at radius 2 is 2.18 bits per heavy atom. The Kier molecular flexibility index (Phi) is 5.08. The minimum absolute atomic E-state index is 0.0415. The quantitative estimate of drug-likeness (QED) is 0.613. The fourth-order valence-electron chi connectivity index (χ4n) is 3.16. The van der Waals surface area contributed by atoms with Crippen LogP contribution >= 0.6 is 11.8 Å². The normalized spacial score (nSPS) is 14.2. The van der Waals surface area contributed by atoms with Gasteiger partial charge < -0.3 is 4.90 Å². The molecule has 0 fully saturated rings. The summed E-state index contributed by atoms with van der Waals surface area (Å²) in [5, 5.41) is 12.3. The van der Waals surface area contributed by atoms with Crippen LogP contribution in [0.3, 0.4) is 0 Å².